The Bertz CT molecular complexity index is 816. The van der Waals surface area contributed by atoms with Crippen LogP contribution in [0.5, 0.6) is 0 Å². The Kier molecular flexibility index (Phi) is 5.11. The zero-order valence-corrected chi connectivity index (χ0v) is 13.9. The summed E-state index contributed by atoms with van der Waals surface area (Å²) in [6.45, 7) is -0.0339. The van der Waals surface area contributed by atoms with E-state index in [9.17, 15) is 13.2 Å². The van der Waals surface area contributed by atoms with Crippen molar-refractivity contribution < 1.29 is 17.9 Å². The number of halogens is 2. The highest BCUT2D eigenvalue weighted by Gasteiger charge is 2.19. The number of carbonyl (C=O) groups excluding carboxylic acids is 1. The third kappa shape index (κ3) is 4.00. The minimum Gasteiger partial charge on any atom is -0.457 e. The third-order valence-electron chi connectivity index (χ3n) is 2.86. The maximum absolute atomic E-state index is 12.1. The van der Waals surface area contributed by atoms with E-state index in [1.807, 2.05) is 0 Å². The molecule has 0 aliphatic carbocycles. The SMILES string of the molecule is CS(=O)(=O)c1ccccc1C(=O)OCc1ccc(Cl)c(Cl)c1. The van der Waals surface area contributed by atoms with E-state index < -0.39 is 15.8 Å². The number of carbonyl (C=O) groups is 1. The summed E-state index contributed by atoms with van der Waals surface area (Å²) in [5.41, 5.74) is 0.657. The van der Waals surface area contributed by atoms with Crippen molar-refractivity contribution in [1.82, 2.24) is 0 Å². The Balaban J connectivity index is 2.18. The van der Waals surface area contributed by atoms with Gasteiger partial charge in [0.2, 0.25) is 0 Å². The van der Waals surface area contributed by atoms with E-state index in [1.54, 1.807) is 30.3 Å². The number of hydrogen-bond acceptors (Lipinski definition) is 4. The van der Waals surface area contributed by atoms with Crippen LogP contribution in [0, 0.1) is 0 Å². The molecule has 7 heteroatoms. The first-order chi connectivity index (χ1) is 10.3. The average Bonchev–Trinajstić information content (AvgIpc) is 2.47. The van der Waals surface area contributed by atoms with E-state index in [1.165, 1.54) is 12.1 Å². The van der Waals surface area contributed by atoms with Gasteiger partial charge in [-0.15, -0.1) is 0 Å². The van der Waals surface area contributed by atoms with Crippen molar-refractivity contribution in [2.75, 3.05) is 6.26 Å². The molecule has 0 unspecified atom stereocenters. The smallest absolute Gasteiger partial charge is 0.339 e. The molecule has 0 heterocycles. The van der Waals surface area contributed by atoms with Crippen LogP contribution in [0.1, 0.15) is 15.9 Å². The van der Waals surface area contributed by atoms with Gasteiger partial charge in [-0.05, 0) is 29.8 Å². The Hall–Kier alpha value is -1.56. The lowest BCUT2D eigenvalue weighted by Gasteiger charge is -2.09. The van der Waals surface area contributed by atoms with Crippen LogP contribution in [0.3, 0.4) is 0 Å². The van der Waals surface area contributed by atoms with Gasteiger partial charge in [0.25, 0.3) is 0 Å². The molecule has 0 spiro atoms. The standard InChI is InChI=1S/C15H12Cl2O4S/c1-22(19,20)14-5-3-2-4-11(14)15(18)21-9-10-6-7-12(16)13(17)8-10/h2-8H,9H2,1H3. The molecule has 0 radical (unpaired) electrons. The van der Waals surface area contributed by atoms with Gasteiger partial charge < -0.3 is 4.74 Å². The van der Waals surface area contributed by atoms with Gasteiger partial charge in [-0.3, -0.25) is 0 Å². The lowest BCUT2D eigenvalue weighted by molar-refractivity contribution is 0.0468. The quantitative estimate of drug-likeness (QED) is 0.780. The third-order valence-corrected chi connectivity index (χ3v) is 4.75. The molecule has 0 amide bonds. The molecule has 0 fully saturated rings. The Labute approximate surface area is 138 Å². The van der Waals surface area contributed by atoms with Crippen molar-refractivity contribution in [3.8, 4) is 0 Å². The predicted octanol–water partition coefficient (Wildman–Crippen LogP) is 3.75. The summed E-state index contributed by atoms with van der Waals surface area (Å²) in [6.07, 6.45) is 1.04. The molecule has 0 atom stereocenters. The van der Waals surface area contributed by atoms with E-state index in [0.717, 1.165) is 6.26 Å². The van der Waals surface area contributed by atoms with E-state index in [0.29, 0.717) is 15.6 Å². The highest BCUT2D eigenvalue weighted by Crippen LogP contribution is 2.23. The van der Waals surface area contributed by atoms with Gasteiger partial charge >= 0.3 is 5.97 Å². The van der Waals surface area contributed by atoms with Gasteiger partial charge in [0.15, 0.2) is 9.84 Å². The van der Waals surface area contributed by atoms with Crippen molar-refractivity contribution in [2.45, 2.75) is 11.5 Å². The van der Waals surface area contributed by atoms with Crippen molar-refractivity contribution in [3.05, 3.63) is 63.6 Å². The number of sulfone groups is 1. The van der Waals surface area contributed by atoms with Gasteiger partial charge in [-0.1, -0.05) is 41.4 Å². The first-order valence-corrected chi connectivity index (χ1v) is 8.84. The van der Waals surface area contributed by atoms with Crippen molar-refractivity contribution in [3.63, 3.8) is 0 Å². The number of rotatable bonds is 4. The summed E-state index contributed by atoms with van der Waals surface area (Å²) in [5.74, 6) is -0.716. The van der Waals surface area contributed by atoms with Crippen LogP contribution in [0.2, 0.25) is 10.0 Å². The van der Waals surface area contributed by atoms with E-state index in [-0.39, 0.29) is 17.1 Å². The van der Waals surface area contributed by atoms with Crippen LogP contribution < -0.4 is 0 Å². The van der Waals surface area contributed by atoms with Crippen LogP contribution in [-0.2, 0) is 21.2 Å². The summed E-state index contributed by atoms with van der Waals surface area (Å²) >= 11 is 11.7. The van der Waals surface area contributed by atoms with Crippen molar-refractivity contribution in [2.24, 2.45) is 0 Å². The molecule has 116 valence electrons. The van der Waals surface area contributed by atoms with Crippen LogP contribution in [0.15, 0.2) is 47.4 Å². The molecule has 22 heavy (non-hydrogen) atoms. The summed E-state index contributed by atoms with van der Waals surface area (Å²) in [4.78, 5) is 12.0. The van der Waals surface area contributed by atoms with E-state index in [4.69, 9.17) is 27.9 Å². The van der Waals surface area contributed by atoms with Gasteiger partial charge in [0.1, 0.15) is 6.61 Å². The lowest BCUT2D eigenvalue weighted by atomic mass is 10.2. The van der Waals surface area contributed by atoms with Gasteiger partial charge in [-0.2, -0.15) is 0 Å². The average molecular weight is 359 g/mol. The minimum absolute atomic E-state index is 0.00469. The fourth-order valence-electron chi connectivity index (χ4n) is 1.81. The summed E-state index contributed by atoms with van der Waals surface area (Å²) in [6, 6.07) is 10.7. The number of ether oxygens (including phenoxy) is 1. The van der Waals surface area contributed by atoms with Crippen molar-refractivity contribution in [1.29, 1.82) is 0 Å². The zero-order chi connectivity index (χ0) is 16.3. The largest absolute Gasteiger partial charge is 0.457 e. The number of benzene rings is 2. The molecule has 2 rings (SSSR count). The molecular formula is C15H12Cl2O4S. The number of esters is 1. The molecule has 0 saturated carbocycles. The van der Waals surface area contributed by atoms with Crippen LogP contribution in [0.4, 0.5) is 0 Å². The van der Waals surface area contributed by atoms with Gasteiger partial charge in [0.05, 0.1) is 20.5 Å². The van der Waals surface area contributed by atoms with Gasteiger partial charge in [-0.25, -0.2) is 13.2 Å². The highest BCUT2D eigenvalue weighted by molar-refractivity contribution is 7.90. The fourth-order valence-corrected chi connectivity index (χ4v) is 3.01. The Morgan fingerprint density at radius 1 is 1.09 bits per heavy atom. The molecule has 0 saturated heterocycles. The molecule has 0 aliphatic heterocycles. The first-order valence-electron chi connectivity index (χ1n) is 6.19. The zero-order valence-electron chi connectivity index (χ0n) is 11.5. The van der Waals surface area contributed by atoms with Crippen LogP contribution in [0.25, 0.3) is 0 Å². The maximum atomic E-state index is 12.1. The second-order valence-corrected chi connectivity index (χ2v) is 7.39. The monoisotopic (exact) mass is 358 g/mol. The fraction of sp³-hybridized carbons (Fsp3) is 0.133. The summed E-state index contributed by atoms with van der Waals surface area (Å²) < 4.78 is 28.5. The molecule has 2 aromatic carbocycles. The normalized spacial score (nSPS) is 11.2. The molecule has 0 N–H and O–H groups in total. The van der Waals surface area contributed by atoms with Crippen molar-refractivity contribution >= 4 is 39.0 Å². The Morgan fingerprint density at radius 2 is 1.77 bits per heavy atom. The second kappa shape index (κ2) is 6.69. The summed E-state index contributed by atoms with van der Waals surface area (Å²) in [7, 11) is -3.51. The molecule has 4 nitrogen and oxygen atoms in total. The van der Waals surface area contributed by atoms with Crippen LogP contribution >= 0.6 is 23.2 Å². The number of hydrogen-bond donors (Lipinski definition) is 0. The Morgan fingerprint density at radius 3 is 2.41 bits per heavy atom. The van der Waals surface area contributed by atoms with E-state index in [2.05, 4.69) is 0 Å². The molecule has 2 aromatic rings. The predicted molar refractivity (Wildman–Crippen MR) is 85.1 cm³/mol. The molecular weight excluding hydrogens is 347 g/mol. The van der Waals surface area contributed by atoms with Crippen LogP contribution in [-0.4, -0.2) is 20.6 Å². The minimum atomic E-state index is -3.51. The molecule has 0 aromatic heterocycles. The first kappa shape index (κ1) is 16.8. The lowest BCUT2D eigenvalue weighted by Crippen LogP contribution is -2.11. The maximum Gasteiger partial charge on any atom is 0.339 e. The van der Waals surface area contributed by atoms with Gasteiger partial charge in [0, 0.05) is 6.26 Å². The second-order valence-electron chi connectivity index (χ2n) is 4.59. The highest BCUT2D eigenvalue weighted by atomic mass is 35.5. The molecule has 0 bridgehead atoms. The summed E-state index contributed by atoms with van der Waals surface area (Å²) in [5, 5.41) is 0.755. The van der Waals surface area contributed by atoms with E-state index >= 15 is 0 Å². The molecule has 0 aliphatic rings. The topological polar surface area (TPSA) is 60.4 Å².